The molecule has 1 amide bonds. The van der Waals surface area contributed by atoms with E-state index in [1.807, 2.05) is 0 Å². The molecule has 1 aromatic rings. The largest absolute Gasteiger partial charge is 0.360 e. The number of aromatic nitrogens is 1. The van der Waals surface area contributed by atoms with Crippen molar-refractivity contribution in [1.29, 1.82) is 0 Å². The van der Waals surface area contributed by atoms with Gasteiger partial charge in [0.05, 0.1) is 6.26 Å². The summed E-state index contributed by atoms with van der Waals surface area (Å²) in [5.41, 5.74) is 0. The third-order valence-corrected chi connectivity index (χ3v) is 4.40. The number of nitrogens with one attached hydrogen (secondary N) is 1. The number of anilines is 1. The zero-order chi connectivity index (χ0) is 14.8. The Balaban J connectivity index is 2.06. The van der Waals surface area contributed by atoms with Crippen molar-refractivity contribution >= 4 is 21.7 Å². The minimum atomic E-state index is -3.58. The number of carbonyl (C=O) groups is 1. The Hall–Kier alpha value is -1.57. The number of aryl methyl sites for hydroxylation is 1. The third kappa shape index (κ3) is 3.72. The van der Waals surface area contributed by atoms with Crippen LogP contribution in [0.5, 0.6) is 0 Å². The van der Waals surface area contributed by atoms with Gasteiger partial charge in [0, 0.05) is 12.1 Å². The van der Waals surface area contributed by atoms with Crippen LogP contribution in [-0.4, -0.2) is 38.3 Å². The van der Waals surface area contributed by atoms with Crippen LogP contribution < -0.4 is 9.62 Å². The lowest BCUT2D eigenvalue weighted by Crippen LogP contribution is -2.43. The molecule has 8 heteroatoms. The lowest BCUT2D eigenvalue weighted by Gasteiger charge is -2.20. The van der Waals surface area contributed by atoms with Gasteiger partial charge < -0.3 is 9.84 Å². The third-order valence-electron chi connectivity index (χ3n) is 3.28. The molecule has 20 heavy (non-hydrogen) atoms. The number of sulfonamides is 1. The monoisotopic (exact) mass is 301 g/mol. The van der Waals surface area contributed by atoms with Crippen molar-refractivity contribution in [2.24, 2.45) is 0 Å². The van der Waals surface area contributed by atoms with Crippen LogP contribution in [-0.2, 0) is 14.8 Å². The van der Waals surface area contributed by atoms with E-state index in [1.54, 1.807) is 6.92 Å². The van der Waals surface area contributed by atoms with E-state index in [0.29, 0.717) is 5.76 Å². The summed E-state index contributed by atoms with van der Waals surface area (Å²) in [6.45, 7) is 1.39. The standard InChI is InChI=1S/C12H19N3O4S/c1-9-7-11(14-19-9)15(20(2,17)18)8-12(16)13-10-5-3-4-6-10/h7,10H,3-6,8H2,1-2H3,(H,13,16). The molecule has 0 spiro atoms. The Morgan fingerprint density at radius 2 is 2.15 bits per heavy atom. The molecule has 112 valence electrons. The van der Waals surface area contributed by atoms with Gasteiger partial charge >= 0.3 is 0 Å². The van der Waals surface area contributed by atoms with Crippen LogP contribution >= 0.6 is 0 Å². The average molecular weight is 301 g/mol. The first-order valence-corrected chi connectivity index (χ1v) is 8.41. The molecule has 1 aromatic heterocycles. The van der Waals surface area contributed by atoms with Gasteiger partial charge in [-0.15, -0.1) is 0 Å². The van der Waals surface area contributed by atoms with E-state index >= 15 is 0 Å². The van der Waals surface area contributed by atoms with Crippen LogP contribution in [0.15, 0.2) is 10.6 Å². The molecule has 0 radical (unpaired) electrons. The van der Waals surface area contributed by atoms with Gasteiger partial charge in [0.25, 0.3) is 0 Å². The quantitative estimate of drug-likeness (QED) is 0.868. The molecule has 1 N–H and O–H groups in total. The summed E-state index contributed by atoms with van der Waals surface area (Å²) in [6.07, 6.45) is 5.15. The highest BCUT2D eigenvalue weighted by Crippen LogP contribution is 2.19. The summed E-state index contributed by atoms with van der Waals surface area (Å²) in [4.78, 5) is 12.0. The van der Waals surface area contributed by atoms with E-state index in [4.69, 9.17) is 4.52 Å². The first-order chi connectivity index (χ1) is 9.36. The van der Waals surface area contributed by atoms with Crippen molar-refractivity contribution in [3.8, 4) is 0 Å². The fourth-order valence-electron chi connectivity index (χ4n) is 2.31. The van der Waals surface area contributed by atoms with E-state index in [2.05, 4.69) is 10.5 Å². The SMILES string of the molecule is Cc1cc(N(CC(=O)NC2CCCC2)S(C)(=O)=O)no1. The Morgan fingerprint density at radius 3 is 2.65 bits per heavy atom. The van der Waals surface area contributed by atoms with Gasteiger partial charge in [-0.25, -0.2) is 12.7 Å². The zero-order valence-corrected chi connectivity index (χ0v) is 12.4. The van der Waals surface area contributed by atoms with Gasteiger partial charge in [-0.3, -0.25) is 4.79 Å². The van der Waals surface area contributed by atoms with Gasteiger partial charge in [-0.2, -0.15) is 0 Å². The second-order valence-corrected chi connectivity index (χ2v) is 7.02. The second kappa shape index (κ2) is 5.82. The van der Waals surface area contributed by atoms with E-state index in [1.165, 1.54) is 6.07 Å². The molecule has 1 heterocycles. The van der Waals surface area contributed by atoms with Crippen LogP contribution in [0, 0.1) is 6.92 Å². The van der Waals surface area contributed by atoms with Crippen molar-refractivity contribution in [3.05, 3.63) is 11.8 Å². The number of nitrogens with zero attached hydrogens (tertiary/aromatic N) is 2. The molecular formula is C12H19N3O4S. The van der Waals surface area contributed by atoms with Gasteiger partial charge in [-0.1, -0.05) is 18.0 Å². The fourth-order valence-corrected chi connectivity index (χ4v) is 3.09. The molecule has 2 rings (SSSR count). The lowest BCUT2D eigenvalue weighted by molar-refractivity contribution is -0.120. The van der Waals surface area contributed by atoms with Crippen molar-refractivity contribution in [2.45, 2.75) is 38.6 Å². The maximum absolute atomic E-state index is 12.0. The van der Waals surface area contributed by atoms with E-state index in [9.17, 15) is 13.2 Å². The number of hydrogen-bond acceptors (Lipinski definition) is 5. The first-order valence-electron chi connectivity index (χ1n) is 6.56. The van der Waals surface area contributed by atoms with Gasteiger partial charge in [0.15, 0.2) is 5.82 Å². The minimum Gasteiger partial charge on any atom is -0.360 e. The predicted octanol–water partition coefficient (Wildman–Crippen LogP) is 0.808. The lowest BCUT2D eigenvalue weighted by atomic mass is 10.2. The Bertz CT molecular complexity index is 575. The first kappa shape index (κ1) is 14.8. The second-order valence-electron chi connectivity index (χ2n) is 5.11. The van der Waals surface area contributed by atoms with Crippen LogP contribution in [0.2, 0.25) is 0 Å². The Labute approximate surface area is 118 Å². The van der Waals surface area contributed by atoms with Crippen molar-refractivity contribution in [1.82, 2.24) is 10.5 Å². The number of hydrogen-bond donors (Lipinski definition) is 1. The molecule has 0 bridgehead atoms. The summed E-state index contributed by atoms with van der Waals surface area (Å²) in [5, 5.41) is 6.51. The predicted molar refractivity (Wildman–Crippen MR) is 73.8 cm³/mol. The summed E-state index contributed by atoms with van der Waals surface area (Å²) >= 11 is 0. The fraction of sp³-hybridized carbons (Fsp3) is 0.667. The molecule has 1 saturated carbocycles. The molecule has 0 aliphatic heterocycles. The van der Waals surface area contributed by atoms with Gasteiger partial charge in [0.2, 0.25) is 15.9 Å². The normalized spacial score (nSPS) is 16.3. The molecule has 0 atom stereocenters. The van der Waals surface area contributed by atoms with E-state index in [0.717, 1.165) is 36.2 Å². The zero-order valence-electron chi connectivity index (χ0n) is 11.6. The Kier molecular flexibility index (Phi) is 4.32. The van der Waals surface area contributed by atoms with Crippen LogP contribution in [0.1, 0.15) is 31.4 Å². The smallest absolute Gasteiger partial charge is 0.241 e. The highest BCUT2D eigenvalue weighted by atomic mass is 32.2. The number of rotatable bonds is 5. The molecule has 0 aromatic carbocycles. The maximum Gasteiger partial charge on any atom is 0.241 e. The molecule has 1 aliphatic carbocycles. The summed E-state index contributed by atoms with van der Waals surface area (Å²) in [6, 6.07) is 1.65. The van der Waals surface area contributed by atoms with Crippen LogP contribution in [0.25, 0.3) is 0 Å². The molecule has 0 unspecified atom stereocenters. The van der Waals surface area contributed by atoms with E-state index < -0.39 is 10.0 Å². The van der Waals surface area contributed by atoms with Crippen LogP contribution in [0.3, 0.4) is 0 Å². The number of amides is 1. The van der Waals surface area contributed by atoms with Gasteiger partial charge in [0.1, 0.15) is 12.3 Å². The minimum absolute atomic E-state index is 0.131. The molecule has 7 nitrogen and oxygen atoms in total. The summed E-state index contributed by atoms with van der Waals surface area (Å²) in [5.74, 6) is 0.305. The highest BCUT2D eigenvalue weighted by Gasteiger charge is 2.25. The van der Waals surface area contributed by atoms with E-state index in [-0.39, 0.29) is 24.3 Å². The highest BCUT2D eigenvalue weighted by molar-refractivity contribution is 7.92. The van der Waals surface area contributed by atoms with Crippen molar-refractivity contribution in [2.75, 3.05) is 17.1 Å². The topological polar surface area (TPSA) is 92.5 Å². The summed E-state index contributed by atoms with van der Waals surface area (Å²) < 4.78 is 29.4. The summed E-state index contributed by atoms with van der Waals surface area (Å²) in [7, 11) is -3.58. The number of carbonyl (C=O) groups excluding carboxylic acids is 1. The average Bonchev–Trinajstić information content (AvgIpc) is 2.96. The molecule has 1 aliphatic rings. The molecule has 1 fully saturated rings. The van der Waals surface area contributed by atoms with Crippen molar-refractivity contribution < 1.29 is 17.7 Å². The van der Waals surface area contributed by atoms with Crippen LogP contribution in [0.4, 0.5) is 5.82 Å². The van der Waals surface area contributed by atoms with Crippen molar-refractivity contribution in [3.63, 3.8) is 0 Å². The maximum atomic E-state index is 12.0. The Morgan fingerprint density at radius 1 is 1.50 bits per heavy atom. The van der Waals surface area contributed by atoms with Gasteiger partial charge in [-0.05, 0) is 19.8 Å². The molecular weight excluding hydrogens is 282 g/mol. The molecule has 0 saturated heterocycles.